The van der Waals surface area contributed by atoms with Crippen LogP contribution in [0.4, 0.5) is 10.1 Å². The number of rotatable bonds is 3. The Hall–Kier alpha value is -2.27. The molecule has 0 atom stereocenters. The topological polar surface area (TPSA) is 78.3 Å². The lowest BCUT2D eigenvalue weighted by Gasteiger charge is -2.09. The molecule has 98 valence electrons. The number of hydrogen-bond acceptors (Lipinski definition) is 3. The summed E-state index contributed by atoms with van der Waals surface area (Å²) in [5, 5.41) is -0.0751. The Kier molecular flexibility index (Phi) is 3.57. The van der Waals surface area contributed by atoms with E-state index in [9.17, 15) is 9.18 Å². The average Bonchev–Trinajstić information content (AvgIpc) is 2.36. The van der Waals surface area contributed by atoms with Gasteiger partial charge in [0.05, 0.1) is 10.7 Å². The van der Waals surface area contributed by atoms with E-state index in [0.29, 0.717) is 11.3 Å². The van der Waals surface area contributed by atoms with Crippen LogP contribution >= 0.6 is 11.6 Å². The number of nitrogens with two attached hydrogens (primary N) is 2. The Labute approximate surface area is 113 Å². The molecule has 4 nitrogen and oxygen atoms in total. The van der Waals surface area contributed by atoms with E-state index in [-0.39, 0.29) is 16.5 Å². The smallest absolute Gasteiger partial charge is 0.248 e. The number of anilines is 1. The summed E-state index contributed by atoms with van der Waals surface area (Å²) in [6.45, 7) is 0. The second-order valence-corrected chi connectivity index (χ2v) is 4.20. The van der Waals surface area contributed by atoms with E-state index in [1.54, 1.807) is 0 Å². The van der Waals surface area contributed by atoms with Crippen molar-refractivity contribution in [2.24, 2.45) is 5.73 Å². The monoisotopic (exact) mass is 280 g/mol. The van der Waals surface area contributed by atoms with Crippen LogP contribution in [0, 0.1) is 5.82 Å². The normalized spacial score (nSPS) is 10.2. The van der Waals surface area contributed by atoms with Crippen LogP contribution in [0.5, 0.6) is 11.5 Å². The van der Waals surface area contributed by atoms with Crippen LogP contribution in [0.2, 0.25) is 5.02 Å². The van der Waals surface area contributed by atoms with Gasteiger partial charge < -0.3 is 16.2 Å². The number of halogens is 2. The molecule has 19 heavy (non-hydrogen) atoms. The third kappa shape index (κ3) is 2.95. The molecule has 0 aliphatic carbocycles. The number of amides is 1. The summed E-state index contributed by atoms with van der Waals surface area (Å²) in [5.74, 6) is -0.615. The van der Waals surface area contributed by atoms with Crippen molar-refractivity contribution in [1.29, 1.82) is 0 Å². The molecule has 0 radical (unpaired) electrons. The van der Waals surface area contributed by atoms with E-state index in [1.165, 1.54) is 30.3 Å². The number of benzene rings is 2. The number of ether oxygens (including phenoxy) is 1. The average molecular weight is 281 g/mol. The van der Waals surface area contributed by atoms with Crippen molar-refractivity contribution in [3.63, 3.8) is 0 Å². The van der Waals surface area contributed by atoms with Gasteiger partial charge in [-0.05, 0) is 30.3 Å². The van der Waals surface area contributed by atoms with Gasteiger partial charge in [-0.25, -0.2) is 4.39 Å². The van der Waals surface area contributed by atoms with Gasteiger partial charge in [-0.15, -0.1) is 0 Å². The van der Waals surface area contributed by atoms with Crippen LogP contribution < -0.4 is 16.2 Å². The third-order valence-corrected chi connectivity index (χ3v) is 2.71. The second kappa shape index (κ2) is 5.16. The highest BCUT2D eigenvalue weighted by molar-refractivity contribution is 6.31. The van der Waals surface area contributed by atoms with Gasteiger partial charge in [0.15, 0.2) is 5.75 Å². The Balaban J connectivity index is 2.26. The van der Waals surface area contributed by atoms with E-state index in [0.717, 1.165) is 6.07 Å². The lowest BCUT2D eigenvalue weighted by Crippen LogP contribution is -2.10. The molecule has 0 heterocycles. The first-order valence-electron chi connectivity index (χ1n) is 5.29. The SMILES string of the molecule is NC(=O)c1ccc(Oc2cc(F)c(Cl)cc2N)cc1. The van der Waals surface area contributed by atoms with E-state index in [4.69, 9.17) is 27.8 Å². The van der Waals surface area contributed by atoms with Gasteiger partial charge in [0, 0.05) is 11.6 Å². The van der Waals surface area contributed by atoms with Crippen molar-refractivity contribution in [3.05, 3.63) is 52.8 Å². The zero-order valence-electron chi connectivity index (χ0n) is 9.69. The summed E-state index contributed by atoms with van der Waals surface area (Å²) in [6, 6.07) is 8.43. The van der Waals surface area contributed by atoms with Crippen molar-refractivity contribution in [3.8, 4) is 11.5 Å². The van der Waals surface area contributed by atoms with Crippen LogP contribution in [0.1, 0.15) is 10.4 Å². The van der Waals surface area contributed by atoms with E-state index < -0.39 is 11.7 Å². The number of carbonyl (C=O) groups excluding carboxylic acids is 1. The first kappa shape index (κ1) is 13.2. The van der Waals surface area contributed by atoms with Gasteiger partial charge in [0.25, 0.3) is 0 Å². The molecule has 0 saturated carbocycles. The van der Waals surface area contributed by atoms with Gasteiger partial charge in [0.1, 0.15) is 11.6 Å². The lowest BCUT2D eigenvalue weighted by molar-refractivity contribution is 0.100. The van der Waals surface area contributed by atoms with Crippen LogP contribution in [0.3, 0.4) is 0 Å². The van der Waals surface area contributed by atoms with Gasteiger partial charge in [-0.2, -0.15) is 0 Å². The molecule has 1 amide bonds. The summed E-state index contributed by atoms with van der Waals surface area (Å²) in [6.07, 6.45) is 0. The third-order valence-electron chi connectivity index (χ3n) is 2.42. The summed E-state index contributed by atoms with van der Waals surface area (Å²) in [5.41, 5.74) is 11.3. The maximum Gasteiger partial charge on any atom is 0.248 e. The van der Waals surface area contributed by atoms with Crippen LogP contribution in [0.25, 0.3) is 0 Å². The fraction of sp³-hybridized carbons (Fsp3) is 0. The Bertz CT molecular complexity index is 629. The lowest BCUT2D eigenvalue weighted by atomic mass is 10.2. The predicted octanol–water partition coefficient (Wildman–Crippen LogP) is 2.95. The highest BCUT2D eigenvalue weighted by atomic mass is 35.5. The number of nitrogen functional groups attached to an aromatic ring is 1. The van der Waals surface area contributed by atoms with Crippen molar-refractivity contribution in [1.82, 2.24) is 0 Å². The molecule has 4 N–H and O–H groups in total. The molecule has 0 aromatic heterocycles. The van der Waals surface area contributed by atoms with E-state index in [1.807, 2.05) is 0 Å². The van der Waals surface area contributed by atoms with Gasteiger partial charge in [-0.1, -0.05) is 11.6 Å². The zero-order valence-corrected chi connectivity index (χ0v) is 10.4. The molecular weight excluding hydrogens is 271 g/mol. The van der Waals surface area contributed by atoms with Crippen LogP contribution in [-0.4, -0.2) is 5.91 Å². The van der Waals surface area contributed by atoms with E-state index >= 15 is 0 Å². The molecule has 0 fully saturated rings. The molecule has 0 aliphatic heterocycles. The highest BCUT2D eigenvalue weighted by Gasteiger charge is 2.09. The molecular formula is C13H10ClFN2O2. The van der Waals surface area contributed by atoms with Gasteiger partial charge >= 0.3 is 0 Å². The molecule has 0 unspecified atom stereocenters. The fourth-order valence-electron chi connectivity index (χ4n) is 1.45. The molecule has 2 aromatic rings. The summed E-state index contributed by atoms with van der Waals surface area (Å²) in [4.78, 5) is 10.9. The van der Waals surface area contributed by atoms with Gasteiger partial charge in [-0.3, -0.25) is 4.79 Å². The summed E-state index contributed by atoms with van der Waals surface area (Å²) >= 11 is 5.58. The zero-order chi connectivity index (χ0) is 14.0. The Morgan fingerprint density at radius 3 is 2.42 bits per heavy atom. The molecule has 6 heteroatoms. The van der Waals surface area contributed by atoms with Crippen molar-refractivity contribution < 1.29 is 13.9 Å². The minimum atomic E-state index is -0.625. The minimum absolute atomic E-state index is 0.0751. The maximum absolute atomic E-state index is 13.3. The molecule has 2 aromatic carbocycles. The van der Waals surface area contributed by atoms with E-state index in [2.05, 4.69) is 0 Å². The van der Waals surface area contributed by atoms with Crippen molar-refractivity contribution >= 4 is 23.2 Å². The maximum atomic E-state index is 13.3. The molecule has 0 aliphatic rings. The minimum Gasteiger partial charge on any atom is -0.455 e. The Morgan fingerprint density at radius 2 is 1.84 bits per heavy atom. The molecule has 0 spiro atoms. The highest BCUT2D eigenvalue weighted by Crippen LogP contribution is 2.31. The van der Waals surface area contributed by atoms with Gasteiger partial charge in [0.2, 0.25) is 5.91 Å². The van der Waals surface area contributed by atoms with Crippen LogP contribution in [0.15, 0.2) is 36.4 Å². The quantitative estimate of drug-likeness (QED) is 0.849. The Morgan fingerprint density at radius 1 is 1.21 bits per heavy atom. The van der Waals surface area contributed by atoms with Crippen molar-refractivity contribution in [2.45, 2.75) is 0 Å². The molecule has 0 saturated heterocycles. The number of primary amides is 1. The molecule has 0 bridgehead atoms. The number of carbonyl (C=O) groups is 1. The first-order valence-corrected chi connectivity index (χ1v) is 5.67. The first-order chi connectivity index (χ1) is 8.97. The summed E-state index contributed by atoms with van der Waals surface area (Å²) < 4.78 is 18.7. The summed E-state index contributed by atoms with van der Waals surface area (Å²) in [7, 11) is 0. The number of hydrogen-bond donors (Lipinski definition) is 2. The standard InChI is InChI=1S/C13H10ClFN2O2/c14-9-5-11(16)12(6-10(9)15)19-8-3-1-7(2-4-8)13(17)18/h1-6H,16H2,(H2,17,18). The second-order valence-electron chi connectivity index (χ2n) is 3.79. The largest absolute Gasteiger partial charge is 0.455 e. The predicted molar refractivity (Wildman–Crippen MR) is 70.9 cm³/mol. The fourth-order valence-corrected chi connectivity index (χ4v) is 1.62. The van der Waals surface area contributed by atoms with Crippen molar-refractivity contribution in [2.75, 3.05) is 5.73 Å². The van der Waals surface area contributed by atoms with Crippen LogP contribution in [-0.2, 0) is 0 Å². The molecule has 2 rings (SSSR count).